The number of amides is 1. The van der Waals surface area contributed by atoms with Crippen molar-refractivity contribution < 1.29 is 14.3 Å². The number of carbonyl (C=O) groups is 2. The van der Waals surface area contributed by atoms with E-state index in [1.165, 1.54) is 4.90 Å². The molecular weight excluding hydrogens is 194 g/mol. The van der Waals surface area contributed by atoms with Gasteiger partial charge < -0.3 is 14.4 Å². The Morgan fingerprint density at radius 1 is 1.47 bits per heavy atom. The lowest BCUT2D eigenvalue weighted by Crippen LogP contribution is -2.41. The topological polar surface area (TPSA) is 46.6 Å². The molecular formula is C11H21NO3. The first kappa shape index (κ1) is 13.9. The average molecular weight is 215 g/mol. The fourth-order valence-corrected chi connectivity index (χ4v) is 1.12. The molecule has 4 heteroatoms. The number of likely N-dealkylation sites (N-methyl/N-ethyl adjacent to an activating group) is 1. The standard InChI is InChI=1S/C11H21NO3/c1-6-7-9(8-13)12(5)10(14)15-11(2,3)4/h8-9H,6-7H2,1-5H3/t9-/m1/s1. The number of ether oxygens (including phenoxy) is 1. The summed E-state index contributed by atoms with van der Waals surface area (Å²) in [6.07, 6.45) is 1.86. The Labute approximate surface area is 91.6 Å². The Morgan fingerprint density at radius 3 is 2.33 bits per heavy atom. The maximum Gasteiger partial charge on any atom is 0.410 e. The summed E-state index contributed by atoms with van der Waals surface area (Å²) in [5.41, 5.74) is -0.523. The largest absolute Gasteiger partial charge is 0.444 e. The summed E-state index contributed by atoms with van der Waals surface area (Å²) < 4.78 is 5.16. The van der Waals surface area contributed by atoms with E-state index in [0.717, 1.165) is 12.7 Å². The second-order valence-corrected chi connectivity index (χ2v) is 4.58. The third-order valence-corrected chi connectivity index (χ3v) is 1.92. The minimum absolute atomic E-state index is 0.384. The summed E-state index contributed by atoms with van der Waals surface area (Å²) in [7, 11) is 1.59. The van der Waals surface area contributed by atoms with E-state index < -0.39 is 11.7 Å². The maximum absolute atomic E-state index is 11.6. The lowest BCUT2D eigenvalue weighted by Gasteiger charge is -2.27. The lowest BCUT2D eigenvalue weighted by atomic mass is 10.1. The van der Waals surface area contributed by atoms with Crippen LogP contribution in [0.2, 0.25) is 0 Å². The van der Waals surface area contributed by atoms with Gasteiger partial charge in [-0.1, -0.05) is 13.3 Å². The normalized spacial score (nSPS) is 13.1. The first-order valence-electron chi connectivity index (χ1n) is 5.23. The lowest BCUT2D eigenvalue weighted by molar-refractivity contribution is -0.112. The van der Waals surface area contributed by atoms with Gasteiger partial charge in [-0.2, -0.15) is 0 Å². The molecule has 0 radical (unpaired) electrons. The molecule has 0 saturated heterocycles. The summed E-state index contributed by atoms with van der Waals surface area (Å²) in [5, 5.41) is 0. The van der Waals surface area contributed by atoms with Crippen molar-refractivity contribution in [1.82, 2.24) is 4.90 Å². The molecule has 0 aliphatic heterocycles. The van der Waals surface area contributed by atoms with Crippen LogP contribution in [0.3, 0.4) is 0 Å². The van der Waals surface area contributed by atoms with Gasteiger partial charge in [-0.15, -0.1) is 0 Å². The molecule has 0 fully saturated rings. The number of nitrogens with zero attached hydrogens (tertiary/aromatic N) is 1. The molecule has 0 heterocycles. The van der Waals surface area contributed by atoms with Gasteiger partial charge in [0, 0.05) is 7.05 Å². The van der Waals surface area contributed by atoms with Gasteiger partial charge in [-0.25, -0.2) is 4.79 Å². The predicted molar refractivity (Wildman–Crippen MR) is 58.8 cm³/mol. The van der Waals surface area contributed by atoms with Gasteiger partial charge in [0.25, 0.3) is 0 Å². The minimum atomic E-state index is -0.523. The Morgan fingerprint density at radius 2 is 2.00 bits per heavy atom. The molecule has 0 N–H and O–H groups in total. The Bertz CT molecular complexity index is 220. The van der Waals surface area contributed by atoms with Gasteiger partial charge in [0.05, 0.1) is 6.04 Å². The van der Waals surface area contributed by atoms with E-state index in [2.05, 4.69) is 0 Å². The zero-order chi connectivity index (χ0) is 12.1. The first-order valence-corrected chi connectivity index (χ1v) is 5.23. The molecule has 0 aromatic heterocycles. The quantitative estimate of drug-likeness (QED) is 0.675. The molecule has 0 aromatic carbocycles. The van der Waals surface area contributed by atoms with Crippen LogP contribution < -0.4 is 0 Å². The summed E-state index contributed by atoms with van der Waals surface area (Å²) in [4.78, 5) is 23.7. The highest BCUT2D eigenvalue weighted by molar-refractivity contribution is 5.73. The zero-order valence-corrected chi connectivity index (χ0v) is 10.2. The fourth-order valence-electron chi connectivity index (χ4n) is 1.12. The van der Waals surface area contributed by atoms with Crippen molar-refractivity contribution >= 4 is 12.4 Å². The van der Waals surface area contributed by atoms with Crippen LogP contribution in [0.1, 0.15) is 40.5 Å². The monoisotopic (exact) mass is 215 g/mol. The van der Waals surface area contributed by atoms with Crippen molar-refractivity contribution in [3.05, 3.63) is 0 Å². The molecule has 0 rings (SSSR count). The SMILES string of the molecule is CCC[C@H](C=O)N(C)C(=O)OC(C)(C)C. The zero-order valence-electron chi connectivity index (χ0n) is 10.2. The third kappa shape index (κ3) is 5.40. The highest BCUT2D eigenvalue weighted by Gasteiger charge is 2.24. The van der Waals surface area contributed by atoms with Crippen molar-refractivity contribution in [3.8, 4) is 0 Å². The average Bonchev–Trinajstić information content (AvgIpc) is 2.10. The van der Waals surface area contributed by atoms with Gasteiger partial charge in [0.2, 0.25) is 0 Å². The van der Waals surface area contributed by atoms with Crippen LogP contribution in [-0.4, -0.2) is 36.0 Å². The Hall–Kier alpha value is -1.06. The fraction of sp³-hybridized carbons (Fsp3) is 0.818. The smallest absolute Gasteiger partial charge is 0.410 e. The van der Waals surface area contributed by atoms with Crippen LogP contribution in [0.5, 0.6) is 0 Å². The van der Waals surface area contributed by atoms with E-state index in [0.29, 0.717) is 6.42 Å². The van der Waals surface area contributed by atoms with Crippen LogP contribution in [0.4, 0.5) is 4.79 Å². The van der Waals surface area contributed by atoms with E-state index in [1.54, 1.807) is 27.8 Å². The first-order chi connectivity index (χ1) is 6.81. The van der Waals surface area contributed by atoms with Gasteiger partial charge in [-0.3, -0.25) is 0 Å². The number of aldehydes is 1. The van der Waals surface area contributed by atoms with E-state index in [9.17, 15) is 9.59 Å². The molecule has 88 valence electrons. The van der Waals surface area contributed by atoms with E-state index in [1.807, 2.05) is 6.92 Å². The molecule has 1 atom stereocenters. The number of rotatable bonds is 4. The Balaban J connectivity index is 4.34. The van der Waals surface area contributed by atoms with Crippen LogP contribution in [0.15, 0.2) is 0 Å². The summed E-state index contributed by atoms with van der Waals surface area (Å²) in [5.74, 6) is 0. The molecule has 15 heavy (non-hydrogen) atoms. The van der Waals surface area contributed by atoms with Crippen LogP contribution >= 0.6 is 0 Å². The third-order valence-electron chi connectivity index (χ3n) is 1.92. The van der Waals surface area contributed by atoms with Gasteiger partial charge in [0.15, 0.2) is 0 Å². The van der Waals surface area contributed by atoms with Gasteiger partial charge >= 0.3 is 6.09 Å². The molecule has 0 aliphatic rings. The van der Waals surface area contributed by atoms with Crippen LogP contribution in [-0.2, 0) is 9.53 Å². The maximum atomic E-state index is 11.6. The van der Waals surface area contributed by atoms with Crippen LogP contribution in [0, 0.1) is 0 Å². The molecule has 0 bridgehead atoms. The van der Waals surface area contributed by atoms with E-state index in [4.69, 9.17) is 4.74 Å². The molecule has 0 spiro atoms. The number of hydrogen-bond donors (Lipinski definition) is 0. The van der Waals surface area contributed by atoms with Crippen molar-refractivity contribution in [2.75, 3.05) is 7.05 Å². The van der Waals surface area contributed by atoms with Gasteiger partial charge in [0.1, 0.15) is 11.9 Å². The Kier molecular flexibility index (Phi) is 5.33. The highest BCUT2D eigenvalue weighted by atomic mass is 16.6. The van der Waals surface area contributed by atoms with Crippen molar-refractivity contribution in [1.29, 1.82) is 0 Å². The van der Waals surface area contributed by atoms with Crippen molar-refractivity contribution in [2.24, 2.45) is 0 Å². The second kappa shape index (κ2) is 5.73. The highest BCUT2D eigenvalue weighted by Crippen LogP contribution is 2.11. The summed E-state index contributed by atoms with van der Waals surface area (Å²) in [6.45, 7) is 7.37. The molecule has 0 aliphatic carbocycles. The molecule has 1 amide bonds. The van der Waals surface area contributed by atoms with Crippen molar-refractivity contribution in [3.63, 3.8) is 0 Å². The minimum Gasteiger partial charge on any atom is -0.444 e. The predicted octanol–water partition coefficient (Wildman–Crippen LogP) is 2.22. The van der Waals surface area contributed by atoms with Gasteiger partial charge in [-0.05, 0) is 27.2 Å². The molecule has 0 saturated carbocycles. The second-order valence-electron chi connectivity index (χ2n) is 4.58. The summed E-state index contributed by atoms with van der Waals surface area (Å²) in [6, 6.07) is -0.384. The summed E-state index contributed by atoms with van der Waals surface area (Å²) >= 11 is 0. The van der Waals surface area contributed by atoms with Crippen LogP contribution in [0.25, 0.3) is 0 Å². The number of carbonyl (C=O) groups excluding carboxylic acids is 2. The molecule has 4 nitrogen and oxygen atoms in total. The van der Waals surface area contributed by atoms with E-state index >= 15 is 0 Å². The van der Waals surface area contributed by atoms with E-state index in [-0.39, 0.29) is 6.04 Å². The molecule has 0 aromatic rings. The van der Waals surface area contributed by atoms with Crippen molar-refractivity contribution in [2.45, 2.75) is 52.2 Å². The molecule has 0 unspecified atom stereocenters. The number of hydrogen-bond acceptors (Lipinski definition) is 3.